The number of nitrogens with zero attached hydrogens (tertiary/aromatic N) is 2. The van der Waals surface area contributed by atoms with E-state index < -0.39 is 30.8 Å². The number of pyridine rings is 2. The molecule has 2 aromatic carbocycles. The number of benzene rings is 2. The molecule has 1 atom stereocenters. The quantitative estimate of drug-likeness (QED) is 0.154. The molecule has 1 saturated carbocycles. The fourth-order valence-corrected chi connectivity index (χ4v) is 5.10. The smallest absolute Gasteiger partial charge is 0.422 e. The van der Waals surface area contributed by atoms with Crippen LogP contribution in [0.1, 0.15) is 63.1 Å². The molecule has 2 aliphatic rings. The van der Waals surface area contributed by atoms with Crippen LogP contribution >= 0.6 is 0 Å². The Morgan fingerprint density at radius 1 is 0.977 bits per heavy atom. The lowest BCUT2D eigenvalue weighted by Crippen LogP contribution is -2.24. The van der Waals surface area contributed by atoms with Gasteiger partial charge in [-0.05, 0) is 58.7 Å². The predicted octanol–water partition coefficient (Wildman–Crippen LogP) is 7.53. The van der Waals surface area contributed by atoms with Crippen LogP contribution in [0.15, 0.2) is 73.1 Å². The van der Waals surface area contributed by atoms with Gasteiger partial charge >= 0.3 is 18.3 Å². The Morgan fingerprint density at radius 3 is 2.33 bits per heavy atom. The van der Waals surface area contributed by atoms with Gasteiger partial charge in [0.2, 0.25) is 0 Å². The van der Waals surface area contributed by atoms with E-state index in [1.54, 1.807) is 18.2 Å². The van der Waals surface area contributed by atoms with Crippen LogP contribution in [0.3, 0.4) is 0 Å². The van der Waals surface area contributed by atoms with Gasteiger partial charge in [-0.15, -0.1) is 0 Å². The second-order valence-corrected chi connectivity index (χ2v) is 10.2. The average Bonchev–Trinajstić information content (AvgIpc) is 3.73. The monoisotopic (exact) mass is 601 g/mol. The minimum Gasteiger partial charge on any atom is -0.484 e. The molecule has 4 aromatic rings. The lowest BCUT2D eigenvalue weighted by atomic mass is 9.89. The molecule has 6 nitrogen and oxygen atoms in total. The molecule has 2 heterocycles. The first-order valence-corrected chi connectivity index (χ1v) is 13.2. The summed E-state index contributed by atoms with van der Waals surface area (Å²) in [5.74, 6) is -3.04. The molecule has 12 heteroatoms. The molecule has 0 radical (unpaired) electrons. The third-order valence-corrected chi connectivity index (χ3v) is 7.21. The number of alkyl halides is 6. The second kappa shape index (κ2) is 11.6. The zero-order chi connectivity index (χ0) is 30.9. The number of carbonyl (C=O) groups is 1. The summed E-state index contributed by atoms with van der Waals surface area (Å²) in [4.78, 5) is 18.3. The predicted molar refractivity (Wildman–Crippen MR) is 146 cm³/mol. The molecule has 6 rings (SSSR count). The van der Waals surface area contributed by atoms with Gasteiger partial charge < -0.3 is 15.6 Å². The summed E-state index contributed by atoms with van der Waals surface area (Å²) in [6, 6.07) is 16.6. The Labute approximate surface area is 242 Å². The van der Waals surface area contributed by atoms with E-state index in [0.29, 0.717) is 12.0 Å². The molecule has 2 aromatic heterocycles. The van der Waals surface area contributed by atoms with Crippen LogP contribution in [0, 0.1) is 0 Å². The minimum absolute atomic E-state index is 0.0396. The fourth-order valence-electron chi connectivity index (χ4n) is 5.10. The fraction of sp³-hybridized carbons (Fsp3) is 0.258. The molecule has 0 amide bonds. The van der Waals surface area contributed by atoms with Crippen molar-refractivity contribution in [3.05, 3.63) is 107 Å². The molecule has 1 unspecified atom stereocenters. The van der Waals surface area contributed by atoms with Gasteiger partial charge in [0, 0.05) is 36.1 Å². The van der Waals surface area contributed by atoms with Crippen molar-refractivity contribution in [1.29, 1.82) is 0 Å². The van der Waals surface area contributed by atoms with Crippen LogP contribution < -0.4 is 10.5 Å². The van der Waals surface area contributed by atoms with Gasteiger partial charge in [0.05, 0.1) is 5.69 Å². The van der Waals surface area contributed by atoms with Gasteiger partial charge in [-0.2, -0.15) is 26.3 Å². The molecular formula is C31H25F6N3O3. The molecule has 0 aliphatic heterocycles. The van der Waals surface area contributed by atoms with Gasteiger partial charge in [0.1, 0.15) is 11.7 Å². The van der Waals surface area contributed by atoms with Gasteiger partial charge in [-0.25, -0.2) is 9.78 Å². The van der Waals surface area contributed by atoms with Crippen LogP contribution in [-0.4, -0.2) is 40.0 Å². The lowest BCUT2D eigenvalue weighted by molar-refractivity contribution is -0.153. The highest BCUT2D eigenvalue weighted by Crippen LogP contribution is 2.47. The van der Waals surface area contributed by atoms with Crippen molar-refractivity contribution in [1.82, 2.24) is 9.97 Å². The van der Waals surface area contributed by atoms with Crippen molar-refractivity contribution in [3.63, 3.8) is 0 Å². The van der Waals surface area contributed by atoms with Crippen molar-refractivity contribution in [3.8, 4) is 16.9 Å². The van der Waals surface area contributed by atoms with Gasteiger partial charge in [0.25, 0.3) is 0 Å². The second-order valence-electron chi connectivity index (χ2n) is 10.2. The Kier molecular flexibility index (Phi) is 8.04. The van der Waals surface area contributed by atoms with E-state index in [0.717, 1.165) is 41.2 Å². The lowest BCUT2D eigenvalue weighted by Gasteiger charge is -2.23. The van der Waals surface area contributed by atoms with Crippen LogP contribution in [0.2, 0.25) is 0 Å². The highest BCUT2D eigenvalue weighted by atomic mass is 19.4. The first-order valence-electron chi connectivity index (χ1n) is 13.2. The first kappa shape index (κ1) is 29.9. The van der Waals surface area contributed by atoms with Crippen LogP contribution in [0.5, 0.6) is 5.75 Å². The maximum absolute atomic E-state index is 13.8. The highest BCUT2D eigenvalue weighted by molar-refractivity contribution is 5.86. The van der Waals surface area contributed by atoms with Crippen LogP contribution in [0.4, 0.5) is 32.0 Å². The van der Waals surface area contributed by atoms with Gasteiger partial charge in [-0.3, -0.25) is 4.98 Å². The zero-order valence-electron chi connectivity index (χ0n) is 22.4. The maximum atomic E-state index is 13.8. The SMILES string of the molecule is Nc1c(C(c2ccccn2)C(F)(F)F)ccc2c1Cc1ccccc1-2.O=C(O)c1cc(OCC(F)(F)F)c(C2CC2)cn1. The summed E-state index contributed by atoms with van der Waals surface area (Å²) in [5, 5.41) is 8.74. The number of aromatic nitrogens is 2. The van der Waals surface area contributed by atoms with Crippen LogP contribution in [0.25, 0.3) is 11.1 Å². The van der Waals surface area contributed by atoms with Crippen molar-refractivity contribution in [2.45, 2.75) is 43.5 Å². The van der Waals surface area contributed by atoms with Crippen molar-refractivity contribution in [2.75, 3.05) is 12.3 Å². The number of ether oxygens (including phenoxy) is 1. The number of carboxylic acid groups (broad SMARTS) is 1. The molecule has 3 N–H and O–H groups in total. The Hall–Kier alpha value is -4.61. The number of nitrogens with two attached hydrogens (primary N) is 1. The van der Waals surface area contributed by atoms with Gasteiger partial charge in [0.15, 0.2) is 12.3 Å². The molecule has 43 heavy (non-hydrogen) atoms. The number of hydrogen-bond donors (Lipinski definition) is 2. The third kappa shape index (κ3) is 6.73. The number of rotatable bonds is 6. The molecule has 1 fully saturated rings. The standard InChI is InChI=1S/C20H15F3N2.C11H10F3NO3/c21-20(22,23)18(17-7-3-4-10-25-17)15-9-8-14-13-6-2-1-5-12(13)11-16(14)19(15)24;12-11(13,14)5-18-9-3-8(10(16)17)15-4-7(9)6-1-2-6/h1-10,18H,11,24H2;3-4,6H,1-2,5H2,(H,16,17). The number of nitrogen functional groups attached to an aromatic ring is 1. The number of hydrogen-bond acceptors (Lipinski definition) is 5. The molecule has 0 spiro atoms. The van der Waals surface area contributed by atoms with E-state index in [9.17, 15) is 31.1 Å². The van der Waals surface area contributed by atoms with E-state index in [4.69, 9.17) is 10.8 Å². The summed E-state index contributed by atoms with van der Waals surface area (Å²) in [6.45, 7) is -1.43. The summed E-state index contributed by atoms with van der Waals surface area (Å²) in [6.07, 6.45) is -4.00. The average molecular weight is 602 g/mol. The van der Waals surface area contributed by atoms with E-state index in [1.807, 2.05) is 24.3 Å². The van der Waals surface area contributed by atoms with E-state index in [-0.39, 0.29) is 34.3 Å². The molecule has 0 bridgehead atoms. The Balaban J connectivity index is 0.000000181. The largest absolute Gasteiger partial charge is 0.484 e. The molecule has 0 saturated heterocycles. The third-order valence-electron chi connectivity index (χ3n) is 7.21. The molecular weight excluding hydrogens is 576 g/mol. The normalized spacial score (nSPS) is 14.7. The van der Waals surface area contributed by atoms with E-state index >= 15 is 0 Å². The number of halogens is 6. The van der Waals surface area contributed by atoms with Crippen molar-refractivity contribution in [2.24, 2.45) is 0 Å². The van der Waals surface area contributed by atoms with E-state index in [1.165, 1.54) is 24.5 Å². The molecule has 224 valence electrons. The topological polar surface area (TPSA) is 98.3 Å². The highest BCUT2D eigenvalue weighted by Gasteiger charge is 2.44. The summed E-state index contributed by atoms with van der Waals surface area (Å²) >= 11 is 0. The van der Waals surface area contributed by atoms with Crippen LogP contribution in [-0.2, 0) is 6.42 Å². The van der Waals surface area contributed by atoms with Gasteiger partial charge in [-0.1, -0.05) is 42.5 Å². The summed E-state index contributed by atoms with van der Waals surface area (Å²) in [5.41, 5.74) is 10.5. The Bertz CT molecular complexity index is 1640. The van der Waals surface area contributed by atoms with Crippen molar-refractivity contribution < 1.29 is 41.0 Å². The summed E-state index contributed by atoms with van der Waals surface area (Å²) < 4.78 is 82.3. The minimum atomic E-state index is -4.47. The zero-order valence-corrected chi connectivity index (χ0v) is 22.4. The number of carboxylic acids is 1. The Morgan fingerprint density at radius 2 is 1.70 bits per heavy atom. The maximum Gasteiger partial charge on any atom is 0.422 e. The van der Waals surface area contributed by atoms with E-state index in [2.05, 4.69) is 14.7 Å². The number of aromatic carboxylic acids is 1. The summed E-state index contributed by atoms with van der Waals surface area (Å²) in [7, 11) is 0. The molecule has 2 aliphatic carbocycles. The first-order chi connectivity index (χ1) is 20.3. The number of anilines is 1. The number of fused-ring (bicyclic) bond motifs is 3. The van der Waals surface area contributed by atoms with Crippen molar-refractivity contribution >= 4 is 11.7 Å².